The predicted molar refractivity (Wildman–Crippen MR) is 84.6 cm³/mol. The largest absolute Gasteiger partial charge is 0.468 e. The SMILES string of the molecule is COCO[C@@H](C)C(C(=O)OC)N(C)S(=O)(=O)c1cccc(C(F)(F)F)c1. The van der Waals surface area contributed by atoms with Crippen LogP contribution in [0.4, 0.5) is 13.2 Å². The van der Waals surface area contributed by atoms with E-state index in [0.29, 0.717) is 10.4 Å². The Morgan fingerprint density at radius 2 is 1.88 bits per heavy atom. The molecular weight excluding hydrogens is 379 g/mol. The van der Waals surface area contributed by atoms with Crippen molar-refractivity contribution < 1.29 is 40.6 Å². The van der Waals surface area contributed by atoms with E-state index in [1.807, 2.05) is 0 Å². The van der Waals surface area contributed by atoms with Crippen LogP contribution in [0.1, 0.15) is 12.5 Å². The van der Waals surface area contributed by atoms with Gasteiger partial charge in [-0.05, 0) is 25.1 Å². The summed E-state index contributed by atoms with van der Waals surface area (Å²) in [5.74, 6) is -0.924. The molecule has 0 radical (unpaired) electrons. The molecule has 1 aromatic rings. The maximum absolute atomic E-state index is 12.8. The Labute approximate surface area is 149 Å². The minimum atomic E-state index is -4.71. The molecule has 0 saturated carbocycles. The molecule has 7 nitrogen and oxygen atoms in total. The van der Waals surface area contributed by atoms with Gasteiger partial charge in [-0.3, -0.25) is 4.79 Å². The Morgan fingerprint density at radius 1 is 1.27 bits per heavy atom. The lowest BCUT2D eigenvalue weighted by Crippen LogP contribution is -2.50. The smallest absolute Gasteiger partial charge is 0.416 e. The fraction of sp³-hybridized carbons (Fsp3) is 0.533. The molecule has 0 aliphatic carbocycles. The summed E-state index contributed by atoms with van der Waals surface area (Å²) in [4.78, 5) is 11.4. The molecular formula is C15H20F3NO6S. The molecule has 0 saturated heterocycles. The minimum absolute atomic E-state index is 0.216. The minimum Gasteiger partial charge on any atom is -0.468 e. The molecule has 11 heteroatoms. The number of carbonyl (C=O) groups is 1. The number of likely N-dealkylation sites (N-methyl/N-ethyl adjacent to an activating group) is 1. The summed E-state index contributed by atoms with van der Waals surface area (Å²) in [7, 11) is -0.980. The van der Waals surface area contributed by atoms with Crippen LogP contribution in [0, 0.1) is 0 Å². The predicted octanol–water partition coefficient (Wildman–Crippen LogP) is 1.88. The van der Waals surface area contributed by atoms with Crippen molar-refractivity contribution in [3.63, 3.8) is 0 Å². The maximum Gasteiger partial charge on any atom is 0.416 e. The molecule has 0 heterocycles. The summed E-state index contributed by atoms with van der Waals surface area (Å²) < 4.78 is 79.1. The number of carbonyl (C=O) groups excluding carboxylic acids is 1. The second-order valence-corrected chi connectivity index (χ2v) is 7.29. The molecule has 0 amide bonds. The van der Waals surface area contributed by atoms with E-state index in [-0.39, 0.29) is 6.79 Å². The molecule has 0 bridgehead atoms. The zero-order valence-electron chi connectivity index (χ0n) is 14.6. The fourth-order valence-electron chi connectivity index (χ4n) is 2.17. The normalized spacial score (nSPS) is 14.9. The van der Waals surface area contributed by atoms with Crippen LogP contribution in [0.2, 0.25) is 0 Å². The second-order valence-electron chi connectivity index (χ2n) is 5.29. The van der Waals surface area contributed by atoms with E-state index in [9.17, 15) is 26.4 Å². The third kappa shape index (κ3) is 5.16. The van der Waals surface area contributed by atoms with Crippen molar-refractivity contribution in [3.8, 4) is 0 Å². The summed E-state index contributed by atoms with van der Waals surface area (Å²) in [5, 5.41) is 0. The first-order chi connectivity index (χ1) is 12.0. The average molecular weight is 399 g/mol. The molecule has 0 aromatic heterocycles. The molecule has 0 fully saturated rings. The number of sulfonamides is 1. The number of hydrogen-bond donors (Lipinski definition) is 0. The van der Waals surface area contributed by atoms with Gasteiger partial charge in [-0.25, -0.2) is 8.42 Å². The molecule has 148 valence electrons. The molecule has 0 aliphatic rings. The Hall–Kier alpha value is -1.69. The lowest BCUT2D eigenvalue weighted by molar-refractivity contribution is -0.153. The standard InChI is InChI=1S/C15H20F3NO6S/c1-10(25-9-23-3)13(14(20)24-4)19(2)26(21,22)12-7-5-6-11(8-12)15(16,17)18/h5-8,10,13H,9H2,1-4H3/t10-,13?/m0/s1. The van der Waals surface area contributed by atoms with Crippen molar-refractivity contribution in [1.82, 2.24) is 4.31 Å². The van der Waals surface area contributed by atoms with E-state index in [4.69, 9.17) is 9.47 Å². The zero-order chi connectivity index (χ0) is 20.1. The lowest BCUT2D eigenvalue weighted by atomic mass is 10.2. The van der Waals surface area contributed by atoms with E-state index in [1.54, 1.807) is 0 Å². The number of esters is 1. The fourth-order valence-corrected chi connectivity index (χ4v) is 3.59. The van der Waals surface area contributed by atoms with Crippen molar-refractivity contribution >= 4 is 16.0 Å². The molecule has 0 N–H and O–H groups in total. The number of methoxy groups -OCH3 is 2. The van der Waals surface area contributed by atoms with Crippen LogP contribution < -0.4 is 0 Å². The van der Waals surface area contributed by atoms with Gasteiger partial charge in [0.15, 0.2) is 0 Å². The highest BCUT2D eigenvalue weighted by Crippen LogP contribution is 2.31. The Kier molecular flexibility index (Phi) is 7.57. The van der Waals surface area contributed by atoms with E-state index < -0.39 is 44.8 Å². The van der Waals surface area contributed by atoms with Crippen LogP contribution >= 0.6 is 0 Å². The van der Waals surface area contributed by atoms with E-state index in [2.05, 4.69) is 4.74 Å². The second kappa shape index (κ2) is 8.80. The quantitative estimate of drug-likeness (QED) is 0.490. The van der Waals surface area contributed by atoms with Crippen LogP contribution in [-0.2, 0) is 35.2 Å². The van der Waals surface area contributed by atoms with Crippen LogP contribution in [-0.4, -0.2) is 58.9 Å². The van der Waals surface area contributed by atoms with Gasteiger partial charge in [-0.1, -0.05) is 6.07 Å². The summed E-state index contributed by atoms with van der Waals surface area (Å²) in [6, 6.07) is 1.81. The van der Waals surface area contributed by atoms with Crippen LogP contribution in [0.3, 0.4) is 0 Å². The van der Waals surface area contributed by atoms with Gasteiger partial charge < -0.3 is 14.2 Å². The molecule has 26 heavy (non-hydrogen) atoms. The Morgan fingerprint density at radius 3 is 2.38 bits per heavy atom. The molecule has 0 spiro atoms. The van der Waals surface area contributed by atoms with Gasteiger partial charge in [0.1, 0.15) is 12.8 Å². The van der Waals surface area contributed by atoms with Crippen LogP contribution in [0.15, 0.2) is 29.2 Å². The van der Waals surface area contributed by atoms with Gasteiger partial charge in [0.05, 0.1) is 23.7 Å². The average Bonchev–Trinajstić information content (AvgIpc) is 2.59. The van der Waals surface area contributed by atoms with Crippen molar-refractivity contribution in [2.45, 2.75) is 30.1 Å². The summed E-state index contributed by atoms with van der Waals surface area (Å²) >= 11 is 0. The first kappa shape index (κ1) is 22.4. The van der Waals surface area contributed by atoms with E-state index in [0.717, 1.165) is 32.4 Å². The molecule has 0 aliphatic heterocycles. The van der Waals surface area contributed by atoms with Crippen LogP contribution in [0.25, 0.3) is 0 Å². The number of halogens is 3. The molecule has 1 unspecified atom stereocenters. The number of rotatable bonds is 8. The van der Waals surface area contributed by atoms with Gasteiger partial charge in [0.2, 0.25) is 10.0 Å². The number of hydrogen-bond acceptors (Lipinski definition) is 6. The topological polar surface area (TPSA) is 82.1 Å². The van der Waals surface area contributed by atoms with Gasteiger partial charge in [-0.15, -0.1) is 0 Å². The number of ether oxygens (including phenoxy) is 3. The lowest BCUT2D eigenvalue weighted by Gasteiger charge is -2.29. The summed E-state index contributed by atoms with van der Waals surface area (Å²) in [6.45, 7) is 1.20. The first-order valence-corrected chi connectivity index (χ1v) is 8.74. The van der Waals surface area contributed by atoms with Gasteiger partial charge >= 0.3 is 12.1 Å². The van der Waals surface area contributed by atoms with Crippen molar-refractivity contribution in [1.29, 1.82) is 0 Å². The monoisotopic (exact) mass is 399 g/mol. The number of benzene rings is 1. The highest BCUT2D eigenvalue weighted by atomic mass is 32.2. The van der Waals surface area contributed by atoms with E-state index in [1.165, 1.54) is 14.0 Å². The van der Waals surface area contributed by atoms with Gasteiger partial charge in [0.25, 0.3) is 0 Å². The maximum atomic E-state index is 12.8. The highest BCUT2D eigenvalue weighted by Gasteiger charge is 2.39. The Bertz CT molecular complexity index is 722. The van der Waals surface area contributed by atoms with Gasteiger partial charge in [-0.2, -0.15) is 17.5 Å². The van der Waals surface area contributed by atoms with E-state index >= 15 is 0 Å². The zero-order valence-corrected chi connectivity index (χ0v) is 15.4. The highest BCUT2D eigenvalue weighted by molar-refractivity contribution is 7.89. The summed E-state index contributed by atoms with van der Waals surface area (Å²) in [6.07, 6.45) is -5.69. The first-order valence-electron chi connectivity index (χ1n) is 7.30. The van der Waals surface area contributed by atoms with Gasteiger partial charge in [0, 0.05) is 14.2 Å². The van der Waals surface area contributed by atoms with Crippen molar-refractivity contribution in [2.24, 2.45) is 0 Å². The van der Waals surface area contributed by atoms with Crippen LogP contribution in [0.5, 0.6) is 0 Å². The number of nitrogens with zero attached hydrogens (tertiary/aromatic N) is 1. The Balaban J connectivity index is 3.28. The summed E-state index contributed by atoms with van der Waals surface area (Å²) in [5.41, 5.74) is -1.12. The van der Waals surface area contributed by atoms with Crippen molar-refractivity contribution in [3.05, 3.63) is 29.8 Å². The third-order valence-electron chi connectivity index (χ3n) is 3.57. The third-order valence-corrected chi connectivity index (χ3v) is 5.40. The van der Waals surface area contributed by atoms with Crippen molar-refractivity contribution in [2.75, 3.05) is 28.1 Å². The molecule has 2 atom stereocenters. The number of alkyl halides is 3. The molecule has 1 rings (SSSR count). The molecule has 1 aromatic carbocycles.